The lowest BCUT2D eigenvalue weighted by atomic mass is 10.2. The van der Waals surface area contributed by atoms with Gasteiger partial charge in [0.1, 0.15) is 11.6 Å². The fourth-order valence-electron chi connectivity index (χ4n) is 2.26. The Morgan fingerprint density at radius 1 is 1.15 bits per heavy atom. The zero-order chi connectivity index (χ0) is 13.9. The average Bonchev–Trinajstić information content (AvgIpc) is 2.91. The number of aromatic nitrogens is 2. The van der Waals surface area contributed by atoms with E-state index in [2.05, 4.69) is 27.4 Å². The van der Waals surface area contributed by atoms with Crippen molar-refractivity contribution in [3.05, 3.63) is 48.0 Å². The van der Waals surface area contributed by atoms with Crippen LogP contribution in [0.15, 0.2) is 42.5 Å². The van der Waals surface area contributed by atoms with Gasteiger partial charge in [-0.05, 0) is 49.0 Å². The Hall–Kier alpha value is -2.33. The number of H-pyrrole nitrogens is 1. The molecular formula is C16H17N3O. The number of hydrogen-bond acceptors (Lipinski definition) is 3. The van der Waals surface area contributed by atoms with Crippen molar-refractivity contribution >= 4 is 11.0 Å². The fourth-order valence-corrected chi connectivity index (χ4v) is 2.26. The standard InChI is InChI=1S/C16H17N3O/c1-17-10-11-3-8-14-15(9-11)19-16(18-14)12-4-6-13(20-2)7-5-12/h3-9,17H,10H2,1-2H3,(H,18,19). The van der Waals surface area contributed by atoms with Gasteiger partial charge in [0.25, 0.3) is 0 Å². The topological polar surface area (TPSA) is 49.9 Å². The van der Waals surface area contributed by atoms with Gasteiger partial charge < -0.3 is 15.0 Å². The average molecular weight is 267 g/mol. The van der Waals surface area contributed by atoms with Crippen LogP contribution in [0.3, 0.4) is 0 Å². The zero-order valence-electron chi connectivity index (χ0n) is 11.6. The Morgan fingerprint density at radius 3 is 2.65 bits per heavy atom. The van der Waals surface area contributed by atoms with Gasteiger partial charge in [0.2, 0.25) is 0 Å². The van der Waals surface area contributed by atoms with Gasteiger partial charge in [-0.15, -0.1) is 0 Å². The highest BCUT2D eigenvalue weighted by atomic mass is 16.5. The van der Waals surface area contributed by atoms with E-state index in [0.717, 1.165) is 34.7 Å². The first-order chi connectivity index (χ1) is 9.80. The monoisotopic (exact) mass is 267 g/mol. The van der Waals surface area contributed by atoms with E-state index in [4.69, 9.17) is 4.74 Å². The van der Waals surface area contributed by atoms with Gasteiger partial charge in [-0.3, -0.25) is 0 Å². The fraction of sp³-hybridized carbons (Fsp3) is 0.188. The van der Waals surface area contributed by atoms with Crippen LogP contribution < -0.4 is 10.1 Å². The Balaban J connectivity index is 1.98. The van der Waals surface area contributed by atoms with Gasteiger partial charge >= 0.3 is 0 Å². The molecule has 1 aromatic heterocycles. The van der Waals surface area contributed by atoms with Crippen molar-refractivity contribution in [2.24, 2.45) is 0 Å². The van der Waals surface area contributed by atoms with E-state index in [1.165, 1.54) is 5.56 Å². The first kappa shape index (κ1) is 12.7. The smallest absolute Gasteiger partial charge is 0.138 e. The molecule has 0 saturated carbocycles. The summed E-state index contributed by atoms with van der Waals surface area (Å²) in [6, 6.07) is 14.2. The minimum absolute atomic E-state index is 0.848. The number of imidazole rings is 1. The Bertz CT molecular complexity index is 716. The van der Waals surface area contributed by atoms with Crippen molar-refractivity contribution in [1.29, 1.82) is 0 Å². The van der Waals surface area contributed by atoms with E-state index in [0.29, 0.717) is 0 Å². The second kappa shape index (κ2) is 5.35. The van der Waals surface area contributed by atoms with Crippen LogP contribution in [0, 0.1) is 0 Å². The van der Waals surface area contributed by atoms with Crippen LogP contribution in [0.2, 0.25) is 0 Å². The molecule has 0 aliphatic heterocycles. The SMILES string of the molecule is CNCc1ccc2nc(-c3ccc(OC)cc3)[nH]c2c1. The quantitative estimate of drug-likeness (QED) is 0.764. The van der Waals surface area contributed by atoms with E-state index in [-0.39, 0.29) is 0 Å². The van der Waals surface area contributed by atoms with Gasteiger partial charge in [0.15, 0.2) is 0 Å². The van der Waals surface area contributed by atoms with Crippen LogP contribution in [0.25, 0.3) is 22.4 Å². The number of fused-ring (bicyclic) bond motifs is 1. The molecule has 3 rings (SSSR count). The van der Waals surface area contributed by atoms with Crippen molar-refractivity contribution in [3.63, 3.8) is 0 Å². The molecule has 0 radical (unpaired) electrons. The third kappa shape index (κ3) is 2.38. The van der Waals surface area contributed by atoms with E-state index in [1.807, 2.05) is 37.4 Å². The number of hydrogen-bond donors (Lipinski definition) is 2. The Morgan fingerprint density at radius 2 is 1.95 bits per heavy atom. The molecule has 1 heterocycles. The molecule has 0 fully saturated rings. The molecule has 0 atom stereocenters. The third-order valence-corrected chi connectivity index (χ3v) is 3.29. The lowest BCUT2D eigenvalue weighted by Crippen LogP contribution is -2.04. The molecule has 0 amide bonds. The molecule has 2 aromatic carbocycles. The van der Waals surface area contributed by atoms with Crippen molar-refractivity contribution < 1.29 is 4.74 Å². The highest BCUT2D eigenvalue weighted by Gasteiger charge is 2.06. The normalized spacial score (nSPS) is 10.9. The van der Waals surface area contributed by atoms with E-state index in [1.54, 1.807) is 7.11 Å². The minimum Gasteiger partial charge on any atom is -0.497 e. The van der Waals surface area contributed by atoms with Crippen LogP contribution in [0.1, 0.15) is 5.56 Å². The molecule has 0 aliphatic rings. The first-order valence-corrected chi connectivity index (χ1v) is 6.58. The van der Waals surface area contributed by atoms with Gasteiger partial charge in [-0.1, -0.05) is 6.07 Å². The predicted octanol–water partition coefficient (Wildman–Crippen LogP) is 2.96. The number of nitrogens with zero attached hydrogens (tertiary/aromatic N) is 1. The molecule has 0 aliphatic carbocycles. The van der Waals surface area contributed by atoms with Crippen molar-refractivity contribution in [2.75, 3.05) is 14.2 Å². The van der Waals surface area contributed by atoms with Crippen molar-refractivity contribution in [2.45, 2.75) is 6.54 Å². The highest BCUT2D eigenvalue weighted by molar-refractivity contribution is 5.80. The maximum absolute atomic E-state index is 5.17. The summed E-state index contributed by atoms with van der Waals surface area (Å²) < 4.78 is 5.17. The van der Waals surface area contributed by atoms with Crippen LogP contribution in [-0.4, -0.2) is 24.1 Å². The summed E-state index contributed by atoms with van der Waals surface area (Å²) in [5.41, 5.74) is 4.33. The largest absolute Gasteiger partial charge is 0.497 e. The summed E-state index contributed by atoms with van der Waals surface area (Å²) in [6.07, 6.45) is 0. The number of rotatable bonds is 4. The molecule has 0 spiro atoms. The molecule has 2 N–H and O–H groups in total. The molecule has 0 saturated heterocycles. The number of nitrogens with one attached hydrogen (secondary N) is 2. The number of ether oxygens (including phenoxy) is 1. The van der Waals surface area contributed by atoms with Gasteiger partial charge in [0.05, 0.1) is 18.1 Å². The molecular weight excluding hydrogens is 250 g/mol. The molecule has 20 heavy (non-hydrogen) atoms. The molecule has 0 bridgehead atoms. The van der Waals surface area contributed by atoms with Crippen LogP contribution in [0.4, 0.5) is 0 Å². The number of aromatic amines is 1. The predicted molar refractivity (Wildman–Crippen MR) is 80.8 cm³/mol. The summed E-state index contributed by atoms with van der Waals surface area (Å²) in [5.74, 6) is 1.73. The van der Waals surface area contributed by atoms with Gasteiger partial charge in [0, 0.05) is 12.1 Å². The summed E-state index contributed by atoms with van der Waals surface area (Å²) in [6.45, 7) is 0.854. The van der Waals surface area contributed by atoms with Gasteiger partial charge in [-0.2, -0.15) is 0 Å². The van der Waals surface area contributed by atoms with Gasteiger partial charge in [-0.25, -0.2) is 4.98 Å². The molecule has 0 unspecified atom stereocenters. The van der Waals surface area contributed by atoms with Crippen molar-refractivity contribution in [1.82, 2.24) is 15.3 Å². The Kier molecular flexibility index (Phi) is 3.39. The molecule has 3 aromatic rings. The van der Waals surface area contributed by atoms with Crippen LogP contribution in [-0.2, 0) is 6.54 Å². The summed E-state index contributed by atoms with van der Waals surface area (Å²) in [7, 11) is 3.61. The highest BCUT2D eigenvalue weighted by Crippen LogP contribution is 2.23. The molecule has 4 heteroatoms. The van der Waals surface area contributed by atoms with E-state index >= 15 is 0 Å². The minimum atomic E-state index is 0.848. The van der Waals surface area contributed by atoms with Crippen LogP contribution >= 0.6 is 0 Å². The summed E-state index contributed by atoms with van der Waals surface area (Å²) >= 11 is 0. The first-order valence-electron chi connectivity index (χ1n) is 6.58. The van der Waals surface area contributed by atoms with Crippen LogP contribution in [0.5, 0.6) is 5.75 Å². The second-order valence-electron chi connectivity index (χ2n) is 4.70. The number of methoxy groups -OCH3 is 1. The number of benzene rings is 2. The van der Waals surface area contributed by atoms with E-state index < -0.39 is 0 Å². The second-order valence-corrected chi connectivity index (χ2v) is 4.70. The van der Waals surface area contributed by atoms with E-state index in [9.17, 15) is 0 Å². The lowest BCUT2D eigenvalue weighted by molar-refractivity contribution is 0.415. The summed E-state index contributed by atoms with van der Waals surface area (Å²) in [4.78, 5) is 7.99. The van der Waals surface area contributed by atoms with Crippen molar-refractivity contribution in [3.8, 4) is 17.1 Å². The maximum Gasteiger partial charge on any atom is 0.138 e. The third-order valence-electron chi connectivity index (χ3n) is 3.29. The summed E-state index contributed by atoms with van der Waals surface area (Å²) in [5, 5.41) is 3.15. The lowest BCUT2D eigenvalue weighted by Gasteiger charge is -2.00. The molecule has 102 valence electrons. The zero-order valence-corrected chi connectivity index (χ0v) is 11.6. The molecule has 4 nitrogen and oxygen atoms in total. The maximum atomic E-state index is 5.17. The Labute approximate surface area is 117 Å².